The van der Waals surface area contributed by atoms with E-state index in [1.807, 2.05) is 24.3 Å². The number of methoxy groups -OCH3 is 2. The van der Waals surface area contributed by atoms with Crippen LogP contribution in [0.15, 0.2) is 48.5 Å². The van der Waals surface area contributed by atoms with E-state index < -0.39 is 35.8 Å². The van der Waals surface area contributed by atoms with Gasteiger partial charge in [-0.15, -0.1) is 0 Å². The molecule has 1 aliphatic heterocycles. The first kappa shape index (κ1) is 25.3. The maximum atomic E-state index is 12.9. The van der Waals surface area contributed by atoms with Crippen molar-refractivity contribution in [3.63, 3.8) is 0 Å². The lowest BCUT2D eigenvalue weighted by Crippen LogP contribution is -2.53. The molecule has 9 heteroatoms. The fraction of sp³-hybridized carbons (Fsp3) is 0.440. The highest BCUT2D eigenvalue weighted by molar-refractivity contribution is 6.00. The standard InChI is InChI=1S/C25H33N3O6/c1-25(2,3)34-23(30)21-22(20(29)15-26-14-16-6-10-18(32-4)11-7-16)28(24(31)27-21)17-8-12-19(33-5)13-9-17/h6-13,20-22,26,29H,14-15H2,1-5H3,(H,27,31)/t20-,21+,22-/m1/s1. The molecule has 3 atom stereocenters. The number of esters is 1. The van der Waals surface area contributed by atoms with E-state index in [2.05, 4.69) is 10.6 Å². The molecule has 0 aromatic heterocycles. The van der Waals surface area contributed by atoms with Crippen molar-refractivity contribution in [1.29, 1.82) is 0 Å². The topological polar surface area (TPSA) is 109 Å². The third kappa shape index (κ3) is 6.18. The maximum absolute atomic E-state index is 12.9. The number of nitrogens with one attached hydrogen (secondary N) is 2. The number of urea groups is 1. The van der Waals surface area contributed by atoms with E-state index in [0.29, 0.717) is 18.0 Å². The van der Waals surface area contributed by atoms with Gasteiger partial charge in [0.15, 0.2) is 6.04 Å². The van der Waals surface area contributed by atoms with Crippen LogP contribution in [0.4, 0.5) is 10.5 Å². The van der Waals surface area contributed by atoms with Crippen LogP contribution in [0, 0.1) is 0 Å². The molecule has 9 nitrogen and oxygen atoms in total. The number of aliphatic hydroxyl groups excluding tert-OH is 1. The number of carbonyl (C=O) groups excluding carboxylic acids is 2. The fourth-order valence-electron chi connectivity index (χ4n) is 3.79. The Morgan fingerprint density at radius 3 is 2.15 bits per heavy atom. The number of hydrogen-bond donors (Lipinski definition) is 3. The van der Waals surface area contributed by atoms with Crippen molar-refractivity contribution in [3.05, 3.63) is 54.1 Å². The minimum atomic E-state index is -1.06. The molecule has 3 N–H and O–H groups in total. The lowest BCUT2D eigenvalue weighted by molar-refractivity contribution is -0.158. The maximum Gasteiger partial charge on any atom is 0.331 e. The summed E-state index contributed by atoms with van der Waals surface area (Å²) in [5.41, 5.74) is 0.796. The molecular weight excluding hydrogens is 438 g/mol. The average Bonchev–Trinajstić information content (AvgIpc) is 3.16. The first-order chi connectivity index (χ1) is 16.1. The molecule has 0 radical (unpaired) electrons. The molecule has 184 valence electrons. The van der Waals surface area contributed by atoms with Crippen LogP contribution in [-0.4, -0.2) is 61.7 Å². The summed E-state index contributed by atoms with van der Waals surface area (Å²) < 4.78 is 15.9. The van der Waals surface area contributed by atoms with Gasteiger partial charge in [0.05, 0.1) is 26.4 Å². The van der Waals surface area contributed by atoms with E-state index in [1.165, 1.54) is 4.90 Å². The van der Waals surface area contributed by atoms with Gasteiger partial charge in [-0.25, -0.2) is 9.59 Å². The van der Waals surface area contributed by atoms with Crippen LogP contribution in [0.2, 0.25) is 0 Å². The Balaban J connectivity index is 1.78. The summed E-state index contributed by atoms with van der Waals surface area (Å²) in [7, 11) is 3.16. The molecule has 2 aromatic rings. The van der Waals surface area contributed by atoms with Gasteiger partial charge in [-0.2, -0.15) is 0 Å². The molecule has 1 fully saturated rings. The molecule has 34 heavy (non-hydrogen) atoms. The number of rotatable bonds is 9. The number of amides is 2. The van der Waals surface area contributed by atoms with Gasteiger partial charge in [0, 0.05) is 18.8 Å². The molecule has 2 amide bonds. The van der Waals surface area contributed by atoms with Crippen molar-refractivity contribution in [2.24, 2.45) is 0 Å². The van der Waals surface area contributed by atoms with Gasteiger partial charge < -0.3 is 30.0 Å². The number of nitrogens with zero attached hydrogens (tertiary/aromatic N) is 1. The summed E-state index contributed by atoms with van der Waals surface area (Å²) in [5, 5.41) is 17.0. The van der Waals surface area contributed by atoms with E-state index in [4.69, 9.17) is 14.2 Å². The molecule has 0 aliphatic carbocycles. The minimum absolute atomic E-state index is 0.150. The molecule has 1 saturated heterocycles. The first-order valence-corrected chi connectivity index (χ1v) is 11.1. The highest BCUT2D eigenvalue weighted by Gasteiger charge is 2.49. The van der Waals surface area contributed by atoms with Crippen molar-refractivity contribution < 1.29 is 28.9 Å². The van der Waals surface area contributed by atoms with Crippen molar-refractivity contribution in [1.82, 2.24) is 10.6 Å². The largest absolute Gasteiger partial charge is 0.497 e. The molecule has 1 aliphatic rings. The van der Waals surface area contributed by atoms with Gasteiger partial charge in [-0.05, 0) is 62.7 Å². The van der Waals surface area contributed by atoms with Crippen LogP contribution >= 0.6 is 0 Å². The zero-order valence-electron chi connectivity index (χ0n) is 20.2. The Kier molecular flexibility index (Phi) is 8.01. The van der Waals surface area contributed by atoms with E-state index in [0.717, 1.165) is 11.3 Å². The average molecular weight is 472 g/mol. The Morgan fingerprint density at radius 2 is 1.62 bits per heavy atom. The molecular formula is C25H33N3O6. The van der Waals surface area contributed by atoms with Crippen LogP contribution in [0.1, 0.15) is 26.3 Å². The van der Waals surface area contributed by atoms with Crippen LogP contribution < -0.4 is 25.0 Å². The number of aliphatic hydroxyl groups is 1. The number of hydrogen-bond acceptors (Lipinski definition) is 7. The van der Waals surface area contributed by atoms with Crippen molar-refractivity contribution in [2.75, 3.05) is 25.7 Å². The van der Waals surface area contributed by atoms with E-state index in [-0.39, 0.29) is 6.54 Å². The third-order valence-corrected chi connectivity index (χ3v) is 5.38. The second-order valence-corrected chi connectivity index (χ2v) is 9.07. The van der Waals surface area contributed by atoms with Gasteiger partial charge in [0.25, 0.3) is 0 Å². The molecule has 0 saturated carbocycles. The van der Waals surface area contributed by atoms with E-state index in [9.17, 15) is 14.7 Å². The Labute approximate surface area is 200 Å². The number of ether oxygens (including phenoxy) is 3. The third-order valence-electron chi connectivity index (χ3n) is 5.38. The second kappa shape index (κ2) is 10.8. The quantitative estimate of drug-likeness (QED) is 0.482. The highest BCUT2D eigenvalue weighted by Crippen LogP contribution is 2.28. The van der Waals surface area contributed by atoms with Crippen LogP contribution in [0.25, 0.3) is 0 Å². The summed E-state index contributed by atoms with van der Waals surface area (Å²) in [6.45, 7) is 5.91. The molecule has 0 unspecified atom stereocenters. The summed E-state index contributed by atoms with van der Waals surface area (Å²) in [6, 6.07) is 12.0. The minimum Gasteiger partial charge on any atom is -0.497 e. The second-order valence-electron chi connectivity index (χ2n) is 9.07. The Hall–Kier alpha value is -3.30. The zero-order valence-corrected chi connectivity index (χ0v) is 20.2. The van der Waals surface area contributed by atoms with Gasteiger partial charge >= 0.3 is 12.0 Å². The lowest BCUT2D eigenvalue weighted by atomic mass is 10.0. The van der Waals surface area contributed by atoms with Gasteiger partial charge in [0.1, 0.15) is 17.1 Å². The normalized spacial score (nSPS) is 18.9. The van der Waals surface area contributed by atoms with E-state index >= 15 is 0 Å². The zero-order chi connectivity index (χ0) is 24.9. The van der Waals surface area contributed by atoms with Crippen molar-refractivity contribution in [2.45, 2.75) is 51.1 Å². The van der Waals surface area contributed by atoms with Crippen LogP contribution in [-0.2, 0) is 16.1 Å². The number of anilines is 1. The van der Waals surface area contributed by atoms with Crippen molar-refractivity contribution >= 4 is 17.7 Å². The molecule has 3 rings (SSSR count). The van der Waals surface area contributed by atoms with Gasteiger partial charge in [-0.1, -0.05) is 12.1 Å². The first-order valence-electron chi connectivity index (χ1n) is 11.1. The Morgan fingerprint density at radius 1 is 1.06 bits per heavy atom. The number of benzene rings is 2. The lowest BCUT2D eigenvalue weighted by Gasteiger charge is -2.31. The Bertz CT molecular complexity index is 972. The van der Waals surface area contributed by atoms with E-state index in [1.54, 1.807) is 59.3 Å². The fourth-order valence-corrected chi connectivity index (χ4v) is 3.79. The summed E-state index contributed by atoms with van der Waals surface area (Å²) in [6.07, 6.45) is -1.06. The van der Waals surface area contributed by atoms with Gasteiger partial charge in [-0.3, -0.25) is 4.90 Å². The highest BCUT2D eigenvalue weighted by atomic mass is 16.6. The van der Waals surface area contributed by atoms with Crippen LogP contribution in [0.3, 0.4) is 0 Å². The predicted octanol–water partition coefficient (Wildman–Crippen LogP) is 2.46. The summed E-state index contributed by atoms with van der Waals surface area (Å²) >= 11 is 0. The SMILES string of the molecule is COc1ccc(CNC[C@@H](O)[C@@H]2[C@@H](C(=O)OC(C)(C)C)NC(=O)N2c2ccc(OC)cc2)cc1. The summed E-state index contributed by atoms with van der Waals surface area (Å²) in [4.78, 5) is 27.2. The van der Waals surface area contributed by atoms with Crippen LogP contribution in [0.5, 0.6) is 11.5 Å². The monoisotopic (exact) mass is 471 g/mol. The molecule has 0 bridgehead atoms. The summed E-state index contributed by atoms with van der Waals surface area (Å²) in [5.74, 6) is 0.788. The molecule has 1 heterocycles. The smallest absolute Gasteiger partial charge is 0.331 e. The van der Waals surface area contributed by atoms with Crippen molar-refractivity contribution in [3.8, 4) is 11.5 Å². The molecule has 0 spiro atoms. The van der Waals surface area contributed by atoms with Gasteiger partial charge in [0.2, 0.25) is 0 Å². The molecule has 2 aromatic carbocycles. The number of carbonyl (C=O) groups is 2. The predicted molar refractivity (Wildman–Crippen MR) is 128 cm³/mol.